The molecular weight excluding hydrogens is 396 g/mol. The van der Waals surface area contributed by atoms with Gasteiger partial charge in [0.15, 0.2) is 5.82 Å². The molecular formula is C21H22N8O2. The van der Waals surface area contributed by atoms with E-state index < -0.39 is 0 Å². The lowest BCUT2D eigenvalue weighted by Gasteiger charge is -2.20. The van der Waals surface area contributed by atoms with Crippen LogP contribution in [0, 0.1) is 25.7 Å². The highest BCUT2D eigenvalue weighted by Crippen LogP contribution is 2.47. The van der Waals surface area contributed by atoms with Crippen LogP contribution in [0.25, 0.3) is 0 Å². The minimum Gasteiger partial charge on any atom is -0.318 e. The minimum atomic E-state index is -0.345. The number of nitrogens with one attached hydrogen (secondary N) is 1. The van der Waals surface area contributed by atoms with E-state index in [0.717, 1.165) is 24.3 Å². The zero-order valence-electron chi connectivity index (χ0n) is 17.5. The molecule has 3 atom stereocenters. The van der Waals surface area contributed by atoms with Crippen molar-refractivity contribution >= 4 is 23.2 Å². The van der Waals surface area contributed by atoms with Gasteiger partial charge in [0.25, 0.3) is 5.91 Å². The highest BCUT2D eigenvalue weighted by atomic mass is 16.2. The lowest BCUT2D eigenvalue weighted by atomic mass is 10.2. The van der Waals surface area contributed by atoms with E-state index in [0.29, 0.717) is 23.1 Å². The van der Waals surface area contributed by atoms with Crippen LogP contribution in [0.1, 0.15) is 47.1 Å². The smallest absolute Gasteiger partial charge is 0.276 e. The van der Waals surface area contributed by atoms with Gasteiger partial charge in [-0.2, -0.15) is 5.10 Å². The zero-order valence-corrected chi connectivity index (χ0v) is 17.5. The summed E-state index contributed by atoms with van der Waals surface area (Å²) < 4.78 is 1.68. The van der Waals surface area contributed by atoms with Gasteiger partial charge < -0.3 is 10.2 Å². The molecule has 5 rings (SSSR count). The third kappa shape index (κ3) is 3.43. The van der Waals surface area contributed by atoms with Gasteiger partial charge in [-0.05, 0) is 33.1 Å². The van der Waals surface area contributed by atoms with Crippen molar-refractivity contribution in [1.29, 1.82) is 0 Å². The molecule has 1 aliphatic carbocycles. The average Bonchev–Trinajstić information content (AvgIpc) is 3.26. The molecule has 2 fully saturated rings. The number of rotatable bonds is 5. The van der Waals surface area contributed by atoms with E-state index >= 15 is 0 Å². The summed E-state index contributed by atoms with van der Waals surface area (Å²) in [6.45, 7) is 6.31. The fourth-order valence-electron chi connectivity index (χ4n) is 3.99. The molecule has 158 valence electrons. The molecule has 0 unspecified atom stereocenters. The summed E-state index contributed by atoms with van der Waals surface area (Å²) >= 11 is 0. The van der Waals surface area contributed by atoms with Crippen molar-refractivity contribution in [2.24, 2.45) is 11.8 Å². The molecule has 10 heteroatoms. The lowest BCUT2D eigenvalue weighted by molar-refractivity contribution is -0.118. The summed E-state index contributed by atoms with van der Waals surface area (Å²) in [5.41, 5.74) is 2.91. The van der Waals surface area contributed by atoms with Crippen LogP contribution in [0.5, 0.6) is 0 Å². The van der Waals surface area contributed by atoms with Gasteiger partial charge in [0, 0.05) is 31.1 Å². The van der Waals surface area contributed by atoms with E-state index in [9.17, 15) is 9.59 Å². The fourth-order valence-corrected chi connectivity index (χ4v) is 3.99. The van der Waals surface area contributed by atoms with Gasteiger partial charge in [-0.15, -0.1) is 0 Å². The molecule has 1 aliphatic heterocycles. The highest BCUT2D eigenvalue weighted by molar-refractivity contribution is 6.03. The Kier molecular flexibility index (Phi) is 4.49. The number of hydrogen-bond acceptors (Lipinski definition) is 7. The largest absolute Gasteiger partial charge is 0.318 e. The Balaban J connectivity index is 1.31. The maximum Gasteiger partial charge on any atom is 0.276 e. The lowest BCUT2D eigenvalue weighted by Crippen LogP contribution is -2.29. The third-order valence-corrected chi connectivity index (χ3v) is 5.91. The highest BCUT2D eigenvalue weighted by Gasteiger charge is 2.52. The Morgan fingerprint density at radius 3 is 2.68 bits per heavy atom. The fraction of sp³-hybridized carbons (Fsp3) is 0.381. The van der Waals surface area contributed by atoms with Gasteiger partial charge >= 0.3 is 0 Å². The van der Waals surface area contributed by atoms with Crippen LogP contribution >= 0.6 is 0 Å². The van der Waals surface area contributed by atoms with Crippen molar-refractivity contribution in [2.45, 2.75) is 33.2 Å². The molecule has 0 bridgehead atoms. The van der Waals surface area contributed by atoms with Crippen LogP contribution in [-0.2, 0) is 4.79 Å². The Morgan fingerprint density at radius 2 is 1.97 bits per heavy atom. The first kappa shape index (κ1) is 19.3. The van der Waals surface area contributed by atoms with Crippen LogP contribution < -0.4 is 10.2 Å². The summed E-state index contributed by atoms with van der Waals surface area (Å²) in [5, 5.41) is 7.13. The van der Waals surface area contributed by atoms with Crippen molar-refractivity contribution in [1.82, 2.24) is 29.7 Å². The summed E-state index contributed by atoms with van der Waals surface area (Å²) in [5.74, 6) is 1.12. The number of fused-ring (bicyclic) bond motifs is 1. The first-order valence-electron chi connectivity index (χ1n) is 10.2. The van der Waals surface area contributed by atoms with Crippen LogP contribution in [0.15, 0.2) is 31.0 Å². The van der Waals surface area contributed by atoms with E-state index in [2.05, 4.69) is 30.4 Å². The van der Waals surface area contributed by atoms with E-state index in [1.807, 2.05) is 13.8 Å². The number of hydrogen-bond donors (Lipinski definition) is 1. The Morgan fingerprint density at radius 1 is 1.16 bits per heavy atom. The normalized spacial score (nSPS) is 20.5. The first-order chi connectivity index (χ1) is 14.9. The summed E-state index contributed by atoms with van der Waals surface area (Å²) in [6.07, 6.45) is 9.05. The first-order valence-corrected chi connectivity index (χ1v) is 10.2. The number of carbonyl (C=O) groups excluding carboxylic acids is 2. The molecule has 1 saturated carbocycles. The molecule has 0 radical (unpaired) electrons. The van der Waals surface area contributed by atoms with Gasteiger partial charge in [0.1, 0.15) is 11.7 Å². The molecule has 1 saturated heterocycles. The second-order valence-corrected chi connectivity index (χ2v) is 8.08. The molecule has 2 aliphatic rings. The van der Waals surface area contributed by atoms with Crippen molar-refractivity contribution in [3.05, 3.63) is 53.9 Å². The maximum absolute atomic E-state index is 12.4. The van der Waals surface area contributed by atoms with E-state index in [1.54, 1.807) is 41.3 Å². The van der Waals surface area contributed by atoms with Crippen molar-refractivity contribution in [2.75, 3.05) is 16.8 Å². The van der Waals surface area contributed by atoms with Gasteiger partial charge in [0.2, 0.25) is 5.91 Å². The standard InChI is InChI=1S/C21H22N8O2/c1-11-17(28-9-14-6-16(14)21(28)31)8-24-19(26-11)13(3)29-10-15(7-25-29)27-20(30)18-12(2)22-4-5-23-18/h4-5,7-8,10,13-14,16H,6,9H2,1-3H3,(H,27,30)/t13-,14-,16-/m1/s1. The minimum absolute atomic E-state index is 0.184. The summed E-state index contributed by atoms with van der Waals surface area (Å²) in [7, 11) is 0. The number of nitrogens with zero attached hydrogens (tertiary/aromatic N) is 7. The molecule has 31 heavy (non-hydrogen) atoms. The number of aryl methyl sites for hydroxylation is 2. The average molecular weight is 418 g/mol. The molecule has 1 N–H and O–H groups in total. The van der Waals surface area contributed by atoms with Gasteiger partial charge in [-0.25, -0.2) is 15.0 Å². The number of carbonyl (C=O) groups is 2. The number of aromatic nitrogens is 6. The number of piperidine rings is 1. The molecule has 0 aromatic carbocycles. The van der Waals surface area contributed by atoms with E-state index in [4.69, 9.17) is 0 Å². The van der Waals surface area contributed by atoms with Crippen molar-refractivity contribution in [3.63, 3.8) is 0 Å². The Labute approximate surface area is 178 Å². The maximum atomic E-state index is 12.4. The molecule has 3 aromatic heterocycles. The Hall–Kier alpha value is -3.69. The van der Waals surface area contributed by atoms with E-state index in [-0.39, 0.29) is 29.5 Å². The Bertz CT molecular complexity index is 1190. The topological polar surface area (TPSA) is 119 Å². The van der Waals surface area contributed by atoms with Crippen LogP contribution in [-0.4, -0.2) is 48.1 Å². The number of amides is 2. The van der Waals surface area contributed by atoms with Crippen molar-refractivity contribution < 1.29 is 9.59 Å². The quantitative estimate of drug-likeness (QED) is 0.672. The molecule has 4 heterocycles. The molecule has 10 nitrogen and oxygen atoms in total. The zero-order chi connectivity index (χ0) is 21.7. The molecule has 0 spiro atoms. The van der Waals surface area contributed by atoms with Crippen molar-refractivity contribution in [3.8, 4) is 0 Å². The molecule has 2 amide bonds. The van der Waals surface area contributed by atoms with Gasteiger partial charge in [-0.3, -0.25) is 19.3 Å². The monoisotopic (exact) mass is 418 g/mol. The van der Waals surface area contributed by atoms with Gasteiger partial charge in [-0.1, -0.05) is 0 Å². The predicted octanol–water partition coefficient (Wildman–Crippen LogP) is 1.92. The number of anilines is 2. The SMILES string of the molecule is Cc1nc([C@@H](C)n2cc(NC(=O)c3nccnc3C)cn2)ncc1N1C[C@H]2C[C@H]2C1=O. The third-order valence-electron chi connectivity index (χ3n) is 5.91. The summed E-state index contributed by atoms with van der Waals surface area (Å²) in [4.78, 5) is 43.9. The molecule has 3 aromatic rings. The summed E-state index contributed by atoms with van der Waals surface area (Å²) in [6, 6.07) is -0.251. The van der Waals surface area contributed by atoms with E-state index in [1.165, 1.54) is 6.20 Å². The van der Waals surface area contributed by atoms with Gasteiger partial charge in [0.05, 0.1) is 35.2 Å². The second kappa shape index (κ2) is 7.22. The van der Waals surface area contributed by atoms with Crippen LogP contribution in [0.3, 0.4) is 0 Å². The van der Waals surface area contributed by atoms with Crippen LogP contribution in [0.4, 0.5) is 11.4 Å². The van der Waals surface area contributed by atoms with Crippen LogP contribution in [0.2, 0.25) is 0 Å². The second-order valence-electron chi connectivity index (χ2n) is 8.08. The predicted molar refractivity (Wildman–Crippen MR) is 111 cm³/mol.